The minimum absolute atomic E-state index is 0.0683. The van der Waals surface area contributed by atoms with E-state index >= 15 is 0 Å². The smallest absolute Gasteiger partial charge is 0.310 e. The minimum atomic E-state index is -0.560. The van der Waals surface area contributed by atoms with Gasteiger partial charge in [-0.15, -0.1) is 0 Å². The Hall–Kier alpha value is -2.62. The summed E-state index contributed by atoms with van der Waals surface area (Å²) in [6.45, 7) is 5.36. The van der Waals surface area contributed by atoms with Crippen molar-refractivity contribution in [3.63, 3.8) is 0 Å². The lowest BCUT2D eigenvalue weighted by Gasteiger charge is -2.41. The molecule has 1 aliphatic carbocycles. The van der Waals surface area contributed by atoms with Gasteiger partial charge in [0.2, 0.25) is 0 Å². The average Bonchev–Trinajstić information content (AvgIpc) is 3.12. The van der Waals surface area contributed by atoms with Gasteiger partial charge in [-0.25, -0.2) is 0 Å². The van der Waals surface area contributed by atoms with Crippen molar-refractivity contribution in [2.75, 3.05) is 13.2 Å². The van der Waals surface area contributed by atoms with Crippen LogP contribution in [-0.4, -0.2) is 25.2 Å². The molecule has 0 aliphatic heterocycles. The Morgan fingerprint density at radius 3 is 1.06 bits per heavy atom. The second kappa shape index (κ2) is 25.4. The van der Waals surface area contributed by atoms with Gasteiger partial charge in [0.1, 0.15) is 0 Å². The lowest BCUT2D eigenvalue weighted by molar-refractivity contribution is -0.165. The number of rotatable bonds is 26. The zero-order valence-electron chi connectivity index (χ0n) is 30.7. The summed E-state index contributed by atoms with van der Waals surface area (Å²) in [5.41, 5.74) is 2.22. The lowest BCUT2D eigenvalue weighted by Crippen LogP contribution is -2.43. The van der Waals surface area contributed by atoms with E-state index in [0.717, 1.165) is 49.7 Å². The Morgan fingerprint density at radius 1 is 0.458 bits per heavy atom. The summed E-state index contributed by atoms with van der Waals surface area (Å²) >= 11 is 0. The number of carbonyl (C=O) groups is 2. The molecule has 2 aromatic carbocycles. The van der Waals surface area contributed by atoms with Crippen LogP contribution in [0.15, 0.2) is 60.7 Å². The first-order valence-corrected chi connectivity index (χ1v) is 20.1. The molecule has 0 heterocycles. The van der Waals surface area contributed by atoms with Crippen LogP contribution >= 0.6 is 0 Å². The predicted molar refractivity (Wildman–Crippen MR) is 200 cm³/mol. The van der Waals surface area contributed by atoms with Crippen molar-refractivity contribution in [2.45, 2.75) is 167 Å². The zero-order valence-corrected chi connectivity index (χ0v) is 30.7. The maximum absolute atomic E-state index is 14.1. The first-order chi connectivity index (χ1) is 23.7. The van der Waals surface area contributed by atoms with Gasteiger partial charge >= 0.3 is 11.9 Å². The van der Waals surface area contributed by atoms with Crippen molar-refractivity contribution < 1.29 is 19.1 Å². The van der Waals surface area contributed by atoms with Crippen molar-refractivity contribution in [1.29, 1.82) is 0 Å². The fraction of sp³-hybridized carbons (Fsp3) is 0.682. The van der Waals surface area contributed by atoms with E-state index in [1.54, 1.807) is 0 Å². The molecule has 4 heteroatoms. The standard InChI is InChI=1S/C44H68O4/c1-3-5-7-9-11-13-15-17-19-27-35-47-43(45)41-39(37-29-23-21-24-30-37)33-34-40(38-31-25-22-26-32-38)42(41)44(46)48-36-28-20-18-16-14-12-10-8-6-4-2/h21-26,29-32,39-42H,3-20,27-28,33-36H2,1-2H3. The maximum atomic E-state index is 14.1. The Morgan fingerprint density at radius 2 is 0.750 bits per heavy atom. The molecular formula is C44H68O4. The number of esters is 2. The van der Waals surface area contributed by atoms with Crippen LogP contribution in [0.3, 0.4) is 0 Å². The van der Waals surface area contributed by atoms with E-state index in [2.05, 4.69) is 38.1 Å². The summed E-state index contributed by atoms with van der Waals surface area (Å²) in [7, 11) is 0. The molecule has 1 saturated carbocycles. The molecule has 0 amide bonds. The van der Waals surface area contributed by atoms with Gasteiger partial charge in [-0.1, -0.05) is 190 Å². The van der Waals surface area contributed by atoms with E-state index in [4.69, 9.17) is 9.47 Å². The van der Waals surface area contributed by atoms with Crippen LogP contribution in [0.25, 0.3) is 0 Å². The van der Waals surface area contributed by atoms with Crippen LogP contribution in [0.5, 0.6) is 0 Å². The molecule has 3 rings (SSSR count). The highest BCUT2D eigenvalue weighted by Gasteiger charge is 2.49. The van der Waals surface area contributed by atoms with E-state index in [0.29, 0.717) is 13.2 Å². The molecule has 1 fully saturated rings. The van der Waals surface area contributed by atoms with Gasteiger partial charge in [0, 0.05) is 0 Å². The molecule has 4 unspecified atom stereocenters. The van der Waals surface area contributed by atoms with E-state index in [9.17, 15) is 9.59 Å². The first kappa shape index (κ1) is 39.8. The quantitative estimate of drug-likeness (QED) is 0.0744. The van der Waals surface area contributed by atoms with Gasteiger partial charge in [0.05, 0.1) is 25.0 Å². The summed E-state index contributed by atoms with van der Waals surface area (Å²) in [5.74, 6) is -1.73. The molecule has 1 aliphatic rings. The molecule has 0 aromatic heterocycles. The van der Waals surface area contributed by atoms with Gasteiger partial charge in [-0.2, -0.15) is 0 Å². The van der Waals surface area contributed by atoms with E-state index in [1.165, 1.54) is 103 Å². The van der Waals surface area contributed by atoms with E-state index in [-0.39, 0.29) is 23.8 Å². The number of unbranched alkanes of at least 4 members (excludes halogenated alkanes) is 18. The maximum Gasteiger partial charge on any atom is 0.310 e. The van der Waals surface area contributed by atoms with Gasteiger partial charge in [0.25, 0.3) is 0 Å². The highest BCUT2D eigenvalue weighted by atomic mass is 16.5. The Kier molecular flexibility index (Phi) is 21.0. The second-order valence-electron chi connectivity index (χ2n) is 14.4. The third-order valence-corrected chi connectivity index (χ3v) is 10.5. The minimum Gasteiger partial charge on any atom is -0.465 e. The fourth-order valence-electron chi connectivity index (χ4n) is 7.71. The summed E-state index contributed by atoms with van der Waals surface area (Å²) in [5, 5.41) is 0. The third-order valence-electron chi connectivity index (χ3n) is 10.5. The molecule has 4 nitrogen and oxygen atoms in total. The molecule has 2 aromatic rings. The SMILES string of the molecule is CCCCCCCCCCCCOC(=O)C1C(c2ccccc2)CCC(c2ccccc2)C1C(=O)OCCCCCCCCCCCC. The normalized spacial score (nSPS) is 19.2. The van der Waals surface area contributed by atoms with Gasteiger partial charge in [-0.3, -0.25) is 9.59 Å². The summed E-state index contributed by atoms with van der Waals surface area (Å²) in [4.78, 5) is 28.1. The van der Waals surface area contributed by atoms with Crippen molar-refractivity contribution in [3.05, 3.63) is 71.8 Å². The number of benzene rings is 2. The molecular weight excluding hydrogens is 592 g/mol. The second-order valence-corrected chi connectivity index (χ2v) is 14.4. The van der Waals surface area contributed by atoms with Crippen LogP contribution in [0.2, 0.25) is 0 Å². The monoisotopic (exact) mass is 661 g/mol. The average molecular weight is 661 g/mol. The molecule has 0 saturated heterocycles. The third kappa shape index (κ3) is 14.9. The van der Waals surface area contributed by atoms with Crippen molar-refractivity contribution >= 4 is 11.9 Å². The lowest BCUT2D eigenvalue weighted by atomic mass is 9.63. The summed E-state index contributed by atoms with van der Waals surface area (Å²) in [6, 6.07) is 20.5. The molecule has 4 atom stereocenters. The molecule has 268 valence electrons. The topological polar surface area (TPSA) is 52.6 Å². The van der Waals surface area contributed by atoms with Crippen LogP contribution < -0.4 is 0 Å². The Labute approximate surface area is 294 Å². The van der Waals surface area contributed by atoms with Crippen LogP contribution in [0.4, 0.5) is 0 Å². The number of hydrogen-bond acceptors (Lipinski definition) is 4. The number of hydrogen-bond donors (Lipinski definition) is 0. The van der Waals surface area contributed by atoms with E-state index in [1.807, 2.05) is 36.4 Å². The van der Waals surface area contributed by atoms with Crippen molar-refractivity contribution in [1.82, 2.24) is 0 Å². The van der Waals surface area contributed by atoms with Crippen molar-refractivity contribution in [3.8, 4) is 0 Å². The predicted octanol–water partition coefficient (Wildman–Crippen LogP) is 12.5. The molecule has 0 bridgehead atoms. The molecule has 0 N–H and O–H groups in total. The van der Waals surface area contributed by atoms with Gasteiger partial charge < -0.3 is 9.47 Å². The fourth-order valence-corrected chi connectivity index (χ4v) is 7.71. The Bertz CT molecular complexity index is 996. The number of ether oxygens (including phenoxy) is 2. The highest BCUT2D eigenvalue weighted by molar-refractivity contribution is 5.84. The van der Waals surface area contributed by atoms with Gasteiger partial charge in [0.15, 0.2) is 0 Å². The zero-order chi connectivity index (χ0) is 34.1. The van der Waals surface area contributed by atoms with Crippen molar-refractivity contribution in [2.24, 2.45) is 11.8 Å². The van der Waals surface area contributed by atoms with Crippen LogP contribution in [0.1, 0.15) is 178 Å². The molecule has 48 heavy (non-hydrogen) atoms. The van der Waals surface area contributed by atoms with Gasteiger partial charge in [-0.05, 0) is 48.6 Å². The van der Waals surface area contributed by atoms with Crippen LogP contribution in [0, 0.1) is 11.8 Å². The molecule has 0 radical (unpaired) electrons. The van der Waals surface area contributed by atoms with E-state index < -0.39 is 11.8 Å². The Balaban J connectivity index is 1.59. The largest absolute Gasteiger partial charge is 0.465 e. The highest BCUT2D eigenvalue weighted by Crippen LogP contribution is 2.49. The number of carbonyl (C=O) groups excluding carboxylic acids is 2. The first-order valence-electron chi connectivity index (χ1n) is 20.1. The summed E-state index contributed by atoms with van der Waals surface area (Å²) in [6.07, 6.45) is 26.4. The molecule has 0 spiro atoms. The van der Waals surface area contributed by atoms with Crippen LogP contribution in [-0.2, 0) is 19.1 Å². The summed E-state index contributed by atoms with van der Waals surface area (Å²) < 4.78 is 12.1.